The van der Waals surface area contributed by atoms with Gasteiger partial charge in [-0.25, -0.2) is 9.97 Å². The predicted molar refractivity (Wildman–Crippen MR) is 108 cm³/mol. The molecule has 1 atom stereocenters. The van der Waals surface area contributed by atoms with Crippen molar-refractivity contribution in [3.8, 4) is 0 Å². The van der Waals surface area contributed by atoms with E-state index in [0.29, 0.717) is 11.5 Å². The quantitative estimate of drug-likeness (QED) is 0.752. The molecule has 0 spiro atoms. The van der Waals surface area contributed by atoms with Crippen LogP contribution in [0.1, 0.15) is 34.0 Å². The number of para-hydroxylation sites is 1. The highest BCUT2D eigenvalue weighted by atomic mass is 16.1. The lowest BCUT2D eigenvalue weighted by Gasteiger charge is -2.22. The molecule has 0 bridgehead atoms. The third-order valence-electron chi connectivity index (χ3n) is 4.96. The smallest absolute Gasteiger partial charge is 0.258 e. The molecular formula is C22H22N4O. The lowest BCUT2D eigenvalue weighted by molar-refractivity contribution is 0.102. The number of aromatic nitrogens is 2. The average Bonchev–Trinajstić information content (AvgIpc) is 3.00. The average molecular weight is 358 g/mol. The van der Waals surface area contributed by atoms with E-state index >= 15 is 0 Å². The largest absolute Gasteiger partial charge is 0.322 e. The minimum Gasteiger partial charge on any atom is -0.322 e. The molecule has 0 saturated carbocycles. The predicted octanol–water partition coefficient (Wildman–Crippen LogP) is 4.43. The summed E-state index contributed by atoms with van der Waals surface area (Å²) >= 11 is 0. The standard InChI is InChI=1S/C22H22N4O/c1-14-8-9-15(2)19(10-14)25-21(27)18-12-23-22(24-13-18)26-16(3)11-17-6-4-5-7-20(17)26/h4-10,12-13,16H,11H2,1-3H3,(H,25,27). The van der Waals surface area contributed by atoms with Crippen LogP contribution in [0.5, 0.6) is 0 Å². The molecule has 1 aliphatic rings. The second-order valence-electron chi connectivity index (χ2n) is 7.10. The number of amides is 1. The second-order valence-corrected chi connectivity index (χ2v) is 7.10. The summed E-state index contributed by atoms with van der Waals surface area (Å²) in [6.45, 7) is 6.13. The van der Waals surface area contributed by atoms with Crippen molar-refractivity contribution in [1.29, 1.82) is 0 Å². The highest BCUT2D eigenvalue weighted by Gasteiger charge is 2.28. The molecule has 27 heavy (non-hydrogen) atoms. The van der Waals surface area contributed by atoms with Gasteiger partial charge in [-0.3, -0.25) is 4.79 Å². The van der Waals surface area contributed by atoms with Gasteiger partial charge in [-0.2, -0.15) is 0 Å². The summed E-state index contributed by atoms with van der Waals surface area (Å²) in [4.78, 5) is 23.6. The van der Waals surface area contributed by atoms with E-state index in [9.17, 15) is 4.79 Å². The molecular weight excluding hydrogens is 336 g/mol. The van der Waals surface area contributed by atoms with E-state index in [1.165, 1.54) is 5.56 Å². The number of fused-ring (bicyclic) bond motifs is 1. The van der Waals surface area contributed by atoms with Gasteiger partial charge in [0, 0.05) is 29.8 Å². The topological polar surface area (TPSA) is 58.1 Å². The van der Waals surface area contributed by atoms with Crippen LogP contribution in [0.25, 0.3) is 0 Å². The van der Waals surface area contributed by atoms with E-state index in [4.69, 9.17) is 0 Å². The Morgan fingerprint density at radius 1 is 1.11 bits per heavy atom. The van der Waals surface area contributed by atoms with Crippen LogP contribution < -0.4 is 10.2 Å². The third-order valence-corrected chi connectivity index (χ3v) is 4.96. The minimum absolute atomic E-state index is 0.204. The number of carbonyl (C=O) groups excluding carboxylic acids is 1. The molecule has 0 fully saturated rings. The fraction of sp³-hybridized carbons (Fsp3) is 0.227. The van der Waals surface area contributed by atoms with Crippen LogP contribution >= 0.6 is 0 Å². The first-order valence-corrected chi connectivity index (χ1v) is 9.11. The normalized spacial score (nSPS) is 15.5. The van der Waals surface area contributed by atoms with Gasteiger partial charge < -0.3 is 10.2 Å². The van der Waals surface area contributed by atoms with Gasteiger partial charge in [0.25, 0.3) is 5.91 Å². The molecule has 5 nitrogen and oxygen atoms in total. The number of rotatable bonds is 3. The summed E-state index contributed by atoms with van der Waals surface area (Å²) in [6, 6.07) is 14.6. The lowest BCUT2D eigenvalue weighted by Crippen LogP contribution is -2.26. The van der Waals surface area contributed by atoms with Crippen molar-refractivity contribution in [2.45, 2.75) is 33.2 Å². The molecule has 0 radical (unpaired) electrons. The number of carbonyl (C=O) groups is 1. The lowest BCUT2D eigenvalue weighted by atomic mass is 10.1. The highest BCUT2D eigenvalue weighted by molar-refractivity contribution is 6.04. The number of benzene rings is 2. The minimum atomic E-state index is -0.204. The molecule has 1 aromatic heterocycles. The molecule has 1 amide bonds. The van der Waals surface area contributed by atoms with E-state index in [1.54, 1.807) is 12.4 Å². The fourth-order valence-electron chi connectivity index (χ4n) is 3.50. The molecule has 1 N–H and O–H groups in total. The maximum absolute atomic E-state index is 12.6. The molecule has 136 valence electrons. The van der Waals surface area contributed by atoms with Gasteiger partial charge >= 0.3 is 0 Å². The number of nitrogens with zero attached hydrogens (tertiary/aromatic N) is 3. The van der Waals surface area contributed by atoms with Crippen LogP contribution in [0.3, 0.4) is 0 Å². The Morgan fingerprint density at radius 2 is 1.85 bits per heavy atom. The van der Waals surface area contributed by atoms with Crippen molar-refractivity contribution in [3.63, 3.8) is 0 Å². The van der Waals surface area contributed by atoms with Crippen LogP contribution in [0.4, 0.5) is 17.3 Å². The second kappa shape index (κ2) is 6.83. The van der Waals surface area contributed by atoms with Crippen LogP contribution in [-0.2, 0) is 6.42 Å². The molecule has 5 heteroatoms. The van der Waals surface area contributed by atoms with E-state index < -0.39 is 0 Å². The summed E-state index contributed by atoms with van der Waals surface area (Å²) in [5.41, 5.74) is 5.81. The molecule has 4 rings (SSSR count). The van der Waals surface area contributed by atoms with Crippen molar-refractivity contribution in [3.05, 3.63) is 77.1 Å². The van der Waals surface area contributed by atoms with Crippen molar-refractivity contribution >= 4 is 23.2 Å². The number of nitrogens with one attached hydrogen (secondary N) is 1. The van der Waals surface area contributed by atoms with Crippen LogP contribution in [0.15, 0.2) is 54.9 Å². The van der Waals surface area contributed by atoms with Crippen LogP contribution in [-0.4, -0.2) is 21.9 Å². The van der Waals surface area contributed by atoms with Crippen LogP contribution in [0.2, 0.25) is 0 Å². The van der Waals surface area contributed by atoms with Gasteiger partial charge in [0.1, 0.15) is 0 Å². The number of hydrogen-bond donors (Lipinski definition) is 1. The van der Waals surface area contributed by atoms with Crippen molar-refractivity contribution in [1.82, 2.24) is 9.97 Å². The van der Waals surface area contributed by atoms with E-state index in [-0.39, 0.29) is 11.9 Å². The summed E-state index contributed by atoms with van der Waals surface area (Å²) in [5, 5.41) is 2.95. The molecule has 1 aliphatic heterocycles. The zero-order valence-corrected chi connectivity index (χ0v) is 15.7. The first-order valence-electron chi connectivity index (χ1n) is 9.11. The zero-order valence-electron chi connectivity index (χ0n) is 15.7. The summed E-state index contributed by atoms with van der Waals surface area (Å²) in [5.74, 6) is 0.417. The Kier molecular flexibility index (Phi) is 4.36. The van der Waals surface area contributed by atoms with E-state index in [1.807, 2.05) is 38.1 Å². The van der Waals surface area contributed by atoms with Gasteiger partial charge in [-0.05, 0) is 56.0 Å². The van der Waals surface area contributed by atoms with Gasteiger partial charge in [-0.15, -0.1) is 0 Å². The SMILES string of the molecule is Cc1ccc(C)c(NC(=O)c2cnc(N3c4ccccc4CC3C)nc2)c1. The molecule has 2 aromatic carbocycles. The Bertz CT molecular complexity index is 997. The number of aryl methyl sites for hydroxylation is 2. The zero-order chi connectivity index (χ0) is 19.0. The Labute approximate surface area is 159 Å². The van der Waals surface area contributed by atoms with Gasteiger partial charge in [0.2, 0.25) is 5.95 Å². The maximum Gasteiger partial charge on any atom is 0.258 e. The molecule has 2 heterocycles. The van der Waals surface area contributed by atoms with Gasteiger partial charge in [-0.1, -0.05) is 30.3 Å². The molecule has 0 saturated heterocycles. The van der Waals surface area contributed by atoms with E-state index in [2.05, 4.69) is 45.3 Å². The number of anilines is 3. The van der Waals surface area contributed by atoms with Crippen LogP contribution in [0, 0.1) is 13.8 Å². The third kappa shape index (κ3) is 3.28. The Morgan fingerprint density at radius 3 is 2.63 bits per heavy atom. The summed E-state index contributed by atoms with van der Waals surface area (Å²) in [6.07, 6.45) is 4.15. The van der Waals surface area contributed by atoms with Crippen molar-refractivity contribution in [2.24, 2.45) is 0 Å². The summed E-state index contributed by atoms with van der Waals surface area (Å²) in [7, 11) is 0. The fourth-order valence-corrected chi connectivity index (χ4v) is 3.50. The molecule has 1 unspecified atom stereocenters. The van der Waals surface area contributed by atoms with Crippen molar-refractivity contribution < 1.29 is 4.79 Å². The van der Waals surface area contributed by atoms with Gasteiger partial charge in [0.15, 0.2) is 0 Å². The number of hydrogen-bond acceptors (Lipinski definition) is 4. The van der Waals surface area contributed by atoms with E-state index in [0.717, 1.165) is 28.9 Å². The molecule has 0 aliphatic carbocycles. The Hall–Kier alpha value is -3.21. The molecule has 3 aromatic rings. The highest BCUT2D eigenvalue weighted by Crippen LogP contribution is 2.36. The monoisotopic (exact) mass is 358 g/mol. The first kappa shape index (κ1) is 17.2. The summed E-state index contributed by atoms with van der Waals surface area (Å²) < 4.78 is 0. The maximum atomic E-state index is 12.6. The first-order chi connectivity index (χ1) is 13.0. The Balaban J connectivity index is 1.56. The van der Waals surface area contributed by atoms with Crippen molar-refractivity contribution in [2.75, 3.05) is 10.2 Å². The van der Waals surface area contributed by atoms with Gasteiger partial charge in [0.05, 0.1) is 5.56 Å².